The fourth-order valence-corrected chi connectivity index (χ4v) is 3.58. The molecule has 1 aromatic heterocycles. The average Bonchev–Trinajstić information content (AvgIpc) is 2.74. The van der Waals surface area contributed by atoms with Gasteiger partial charge in [-0.1, -0.05) is 17.7 Å². The van der Waals surface area contributed by atoms with E-state index in [0.29, 0.717) is 18.0 Å². The number of amides is 1. The second-order valence-corrected chi connectivity index (χ2v) is 7.44. The molecule has 0 aliphatic carbocycles. The lowest BCUT2D eigenvalue weighted by Gasteiger charge is -2.32. The van der Waals surface area contributed by atoms with Gasteiger partial charge in [0.1, 0.15) is 5.82 Å². The van der Waals surface area contributed by atoms with Crippen molar-refractivity contribution in [1.29, 1.82) is 0 Å². The number of ether oxygens (including phenoxy) is 2. The normalized spacial score (nSPS) is 14.6. The molecule has 1 amide bonds. The molecule has 0 spiro atoms. The first-order chi connectivity index (χ1) is 14.5. The van der Waals surface area contributed by atoms with Crippen molar-refractivity contribution in [2.45, 2.75) is 25.9 Å². The van der Waals surface area contributed by atoms with Crippen LogP contribution in [0.25, 0.3) is 0 Å². The predicted molar refractivity (Wildman–Crippen MR) is 111 cm³/mol. The molecule has 0 saturated carbocycles. The first-order valence-corrected chi connectivity index (χ1v) is 10.1. The fourth-order valence-electron chi connectivity index (χ4n) is 3.46. The Morgan fingerprint density at radius 3 is 2.67 bits per heavy atom. The Kier molecular flexibility index (Phi) is 7.68. The Hall–Kier alpha value is -2.61. The van der Waals surface area contributed by atoms with Gasteiger partial charge in [-0.25, -0.2) is 4.98 Å². The van der Waals surface area contributed by atoms with E-state index in [9.17, 15) is 13.6 Å². The SMILES string of the molecule is COc1ccc(CCNC(=O)C2CCN(c3ccc(Cl)cn3)CC2)cc1OC(F)F. The Morgan fingerprint density at radius 1 is 1.27 bits per heavy atom. The number of aromatic nitrogens is 1. The number of nitrogens with zero attached hydrogens (tertiary/aromatic N) is 2. The smallest absolute Gasteiger partial charge is 0.387 e. The molecule has 6 nitrogen and oxygen atoms in total. The molecule has 9 heteroatoms. The van der Waals surface area contributed by atoms with Crippen molar-refractivity contribution in [2.75, 3.05) is 31.6 Å². The molecular weight excluding hydrogens is 416 g/mol. The van der Waals surface area contributed by atoms with Crippen LogP contribution >= 0.6 is 11.6 Å². The Bertz CT molecular complexity index is 844. The van der Waals surface area contributed by atoms with E-state index in [0.717, 1.165) is 37.3 Å². The monoisotopic (exact) mass is 439 g/mol. The predicted octanol–water partition coefficient (Wildman–Crippen LogP) is 3.92. The number of alkyl halides is 2. The minimum absolute atomic E-state index is 0.0104. The highest BCUT2D eigenvalue weighted by Crippen LogP contribution is 2.29. The van der Waals surface area contributed by atoms with E-state index >= 15 is 0 Å². The molecule has 30 heavy (non-hydrogen) atoms. The summed E-state index contributed by atoms with van der Waals surface area (Å²) < 4.78 is 34.6. The molecule has 1 N–H and O–H groups in total. The quantitative estimate of drug-likeness (QED) is 0.675. The Balaban J connectivity index is 1.45. The van der Waals surface area contributed by atoms with Gasteiger partial charge < -0.3 is 19.7 Å². The molecule has 1 aliphatic heterocycles. The standard InChI is InChI=1S/C21H24ClF2N3O3/c1-29-17-4-2-14(12-18(17)30-21(23)24)6-9-25-20(28)15-7-10-27(11-8-15)19-5-3-16(22)13-26-19/h2-5,12-13,15,21H,6-11H2,1H3,(H,25,28). The van der Waals surface area contributed by atoms with E-state index in [1.807, 2.05) is 6.07 Å². The summed E-state index contributed by atoms with van der Waals surface area (Å²) in [6, 6.07) is 8.54. The molecule has 162 valence electrons. The Labute approximate surface area is 179 Å². The van der Waals surface area contributed by atoms with E-state index in [1.165, 1.54) is 13.2 Å². The maximum atomic E-state index is 12.5. The largest absolute Gasteiger partial charge is 0.493 e. The molecule has 1 aliphatic rings. The van der Waals surface area contributed by atoms with Crippen LogP contribution in [0.3, 0.4) is 0 Å². The summed E-state index contributed by atoms with van der Waals surface area (Å²) in [6.45, 7) is -1.01. The van der Waals surface area contributed by atoms with E-state index in [2.05, 4.69) is 19.9 Å². The van der Waals surface area contributed by atoms with Crippen LogP contribution in [0, 0.1) is 5.92 Å². The highest BCUT2D eigenvalue weighted by atomic mass is 35.5. The van der Waals surface area contributed by atoms with Gasteiger partial charge in [-0.15, -0.1) is 0 Å². The number of hydrogen-bond donors (Lipinski definition) is 1. The maximum absolute atomic E-state index is 12.5. The van der Waals surface area contributed by atoms with Crippen LogP contribution in [-0.4, -0.2) is 44.2 Å². The number of rotatable bonds is 8. The summed E-state index contributed by atoms with van der Waals surface area (Å²) >= 11 is 5.87. The number of benzene rings is 1. The third kappa shape index (κ3) is 5.95. The molecular formula is C21H24ClF2N3O3. The number of carbonyl (C=O) groups is 1. The Morgan fingerprint density at radius 2 is 2.03 bits per heavy atom. The van der Waals surface area contributed by atoms with Crippen molar-refractivity contribution >= 4 is 23.3 Å². The lowest BCUT2D eigenvalue weighted by molar-refractivity contribution is -0.125. The lowest BCUT2D eigenvalue weighted by atomic mass is 9.96. The van der Waals surface area contributed by atoms with Crippen molar-refractivity contribution in [1.82, 2.24) is 10.3 Å². The summed E-state index contributed by atoms with van der Waals surface area (Å²) in [5.41, 5.74) is 0.774. The van der Waals surface area contributed by atoms with Gasteiger partial charge in [0.2, 0.25) is 5.91 Å². The summed E-state index contributed by atoms with van der Waals surface area (Å²) in [5.74, 6) is 1.04. The third-order valence-corrected chi connectivity index (χ3v) is 5.28. The van der Waals surface area contributed by atoms with Crippen LogP contribution in [0.4, 0.5) is 14.6 Å². The van der Waals surface area contributed by atoms with Gasteiger partial charge in [-0.05, 0) is 49.1 Å². The van der Waals surface area contributed by atoms with Gasteiger partial charge in [-0.3, -0.25) is 4.79 Å². The maximum Gasteiger partial charge on any atom is 0.387 e. The van der Waals surface area contributed by atoms with E-state index < -0.39 is 6.61 Å². The number of carbonyl (C=O) groups excluding carboxylic acids is 1. The van der Waals surface area contributed by atoms with Crippen molar-refractivity contribution in [3.8, 4) is 11.5 Å². The minimum atomic E-state index is -2.93. The average molecular weight is 440 g/mol. The van der Waals surface area contributed by atoms with Crippen LogP contribution < -0.4 is 19.7 Å². The summed E-state index contributed by atoms with van der Waals surface area (Å²) in [5, 5.41) is 3.54. The second-order valence-electron chi connectivity index (χ2n) is 7.00. The zero-order valence-electron chi connectivity index (χ0n) is 16.6. The van der Waals surface area contributed by atoms with Gasteiger partial charge in [0.05, 0.1) is 12.1 Å². The first-order valence-electron chi connectivity index (χ1n) is 9.72. The number of anilines is 1. The number of pyridine rings is 1. The second kappa shape index (κ2) is 10.4. The molecule has 1 saturated heterocycles. The van der Waals surface area contributed by atoms with Crippen molar-refractivity contribution in [2.24, 2.45) is 5.92 Å². The zero-order valence-corrected chi connectivity index (χ0v) is 17.4. The fraction of sp³-hybridized carbons (Fsp3) is 0.429. The molecule has 2 aromatic rings. The molecule has 0 unspecified atom stereocenters. The van der Waals surface area contributed by atoms with Crippen molar-refractivity contribution in [3.63, 3.8) is 0 Å². The van der Waals surface area contributed by atoms with Crippen LogP contribution in [-0.2, 0) is 11.2 Å². The number of methoxy groups -OCH3 is 1. The molecule has 1 aromatic carbocycles. The van der Waals surface area contributed by atoms with Crippen LogP contribution in [0.2, 0.25) is 5.02 Å². The first kappa shape index (κ1) is 22.1. The van der Waals surface area contributed by atoms with E-state index in [4.69, 9.17) is 16.3 Å². The molecule has 1 fully saturated rings. The van der Waals surface area contributed by atoms with Gasteiger partial charge in [0, 0.05) is 31.7 Å². The summed E-state index contributed by atoms with van der Waals surface area (Å²) in [7, 11) is 1.39. The molecule has 0 radical (unpaired) electrons. The highest BCUT2D eigenvalue weighted by Gasteiger charge is 2.25. The highest BCUT2D eigenvalue weighted by molar-refractivity contribution is 6.30. The number of halogens is 3. The van der Waals surface area contributed by atoms with Gasteiger partial charge >= 0.3 is 6.61 Å². The zero-order chi connectivity index (χ0) is 21.5. The third-order valence-electron chi connectivity index (χ3n) is 5.06. The van der Waals surface area contributed by atoms with Gasteiger partial charge in [-0.2, -0.15) is 8.78 Å². The number of hydrogen-bond acceptors (Lipinski definition) is 5. The van der Waals surface area contributed by atoms with Crippen molar-refractivity contribution in [3.05, 3.63) is 47.1 Å². The molecule has 0 bridgehead atoms. The van der Waals surface area contributed by atoms with E-state index in [1.54, 1.807) is 24.4 Å². The van der Waals surface area contributed by atoms with Crippen molar-refractivity contribution < 1.29 is 23.0 Å². The minimum Gasteiger partial charge on any atom is -0.493 e. The lowest BCUT2D eigenvalue weighted by Crippen LogP contribution is -2.41. The van der Waals surface area contributed by atoms with Gasteiger partial charge in [0.15, 0.2) is 11.5 Å². The number of nitrogens with one attached hydrogen (secondary N) is 1. The topological polar surface area (TPSA) is 63.7 Å². The van der Waals surface area contributed by atoms with E-state index in [-0.39, 0.29) is 23.3 Å². The summed E-state index contributed by atoms with van der Waals surface area (Å²) in [4.78, 5) is 18.9. The number of piperidine rings is 1. The van der Waals surface area contributed by atoms with Crippen LogP contribution in [0.1, 0.15) is 18.4 Å². The summed E-state index contributed by atoms with van der Waals surface area (Å²) in [6.07, 6.45) is 3.60. The molecule has 0 atom stereocenters. The van der Waals surface area contributed by atoms with Crippen LogP contribution in [0.15, 0.2) is 36.5 Å². The van der Waals surface area contributed by atoms with Gasteiger partial charge in [0.25, 0.3) is 0 Å². The molecule has 2 heterocycles. The van der Waals surface area contributed by atoms with Crippen LogP contribution in [0.5, 0.6) is 11.5 Å². The molecule has 3 rings (SSSR count).